The summed E-state index contributed by atoms with van der Waals surface area (Å²) in [6, 6.07) is 8.06. The van der Waals surface area contributed by atoms with Gasteiger partial charge in [0.2, 0.25) is 0 Å². The van der Waals surface area contributed by atoms with Crippen LogP contribution in [0.2, 0.25) is 0 Å². The van der Waals surface area contributed by atoms with E-state index in [-0.39, 0.29) is 6.04 Å². The van der Waals surface area contributed by atoms with Gasteiger partial charge in [-0.1, -0.05) is 18.2 Å². The van der Waals surface area contributed by atoms with E-state index in [4.69, 9.17) is 19.9 Å². The average molecular weight is 293 g/mol. The molecule has 21 heavy (non-hydrogen) atoms. The van der Waals surface area contributed by atoms with E-state index in [1.165, 1.54) is 0 Å². The molecule has 0 saturated heterocycles. The van der Waals surface area contributed by atoms with Crippen LogP contribution in [0.1, 0.15) is 37.8 Å². The molecule has 118 valence electrons. The van der Waals surface area contributed by atoms with Crippen LogP contribution in [0, 0.1) is 5.92 Å². The topological polar surface area (TPSA) is 53.7 Å². The molecule has 4 heteroatoms. The summed E-state index contributed by atoms with van der Waals surface area (Å²) in [4.78, 5) is 0. The summed E-state index contributed by atoms with van der Waals surface area (Å²) in [7, 11) is 1.67. The molecule has 1 aromatic rings. The Morgan fingerprint density at radius 3 is 2.71 bits per heavy atom. The summed E-state index contributed by atoms with van der Waals surface area (Å²) in [5.74, 6) is 1.55. The van der Waals surface area contributed by atoms with Gasteiger partial charge in [0.1, 0.15) is 12.4 Å². The second-order valence-corrected chi connectivity index (χ2v) is 5.64. The number of hydrogen-bond acceptors (Lipinski definition) is 4. The highest BCUT2D eigenvalue weighted by molar-refractivity contribution is 5.35. The second kappa shape index (κ2) is 8.37. The molecule has 4 nitrogen and oxygen atoms in total. The molecule has 1 aliphatic rings. The summed E-state index contributed by atoms with van der Waals surface area (Å²) in [5.41, 5.74) is 7.47. The minimum Gasteiger partial charge on any atom is -0.491 e. The predicted molar refractivity (Wildman–Crippen MR) is 83.5 cm³/mol. The number of ether oxygens (including phenoxy) is 3. The van der Waals surface area contributed by atoms with E-state index >= 15 is 0 Å². The molecule has 2 rings (SSSR count). The van der Waals surface area contributed by atoms with Crippen molar-refractivity contribution in [2.75, 3.05) is 26.9 Å². The van der Waals surface area contributed by atoms with E-state index in [1.54, 1.807) is 7.11 Å². The Labute approximate surface area is 127 Å². The van der Waals surface area contributed by atoms with Gasteiger partial charge in [-0.15, -0.1) is 0 Å². The predicted octanol–water partition coefficient (Wildman–Crippen LogP) is 2.92. The lowest BCUT2D eigenvalue weighted by molar-refractivity contribution is -0.0282. The Kier molecular flexibility index (Phi) is 6.49. The lowest BCUT2D eigenvalue weighted by Gasteiger charge is -2.36. The van der Waals surface area contributed by atoms with Gasteiger partial charge in [0.25, 0.3) is 0 Å². The van der Waals surface area contributed by atoms with Crippen LogP contribution in [0.5, 0.6) is 5.75 Å². The Morgan fingerprint density at radius 1 is 1.24 bits per heavy atom. The van der Waals surface area contributed by atoms with Gasteiger partial charge in [0, 0.05) is 25.3 Å². The number of para-hydroxylation sites is 1. The molecular formula is C17H27NO3. The second-order valence-electron chi connectivity index (χ2n) is 5.64. The largest absolute Gasteiger partial charge is 0.491 e. The molecule has 1 aromatic carbocycles. The first-order chi connectivity index (χ1) is 10.2. The fraction of sp³-hybridized carbons (Fsp3) is 0.647. The van der Waals surface area contributed by atoms with Crippen molar-refractivity contribution in [3.8, 4) is 5.75 Å². The van der Waals surface area contributed by atoms with Gasteiger partial charge in [-0.25, -0.2) is 0 Å². The number of hydrogen-bond donors (Lipinski definition) is 1. The van der Waals surface area contributed by atoms with E-state index in [1.807, 2.05) is 25.1 Å². The third kappa shape index (κ3) is 4.70. The molecule has 1 atom stereocenters. The van der Waals surface area contributed by atoms with Crippen LogP contribution >= 0.6 is 0 Å². The van der Waals surface area contributed by atoms with Crippen molar-refractivity contribution in [3.63, 3.8) is 0 Å². The van der Waals surface area contributed by atoms with Crippen LogP contribution in [0.15, 0.2) is 24.3 Å². The first-order valence-electron chi connectivity index (χ1n) is 7.82. The van der Waals surface area contributed by atoms with E-state index in [2.05, 4.69) is 6.07 Å². The Balaban J connectivity index is 1.85. The van der Waals surface area contributed by atoms with E-state index in [0.717, 1.165) is 37.2 Å². The Morgan fingerprint density at radius 2 is 2.00 bits per heavy atom. The molecule has 1 unspecified atom stereocenters. The zero-order valence-electron chi connectivity index (χ0n) is 13.1. The lowest BCUT2D eigenvalue weighted by Crippen LogP contribution is -2.33. The van der Waals surface area contributed by atoms with Gasteiger partial charge >= 0.3 is 0 Å². The lowest BCUT2D eigenvalue weighted by atomic mass is 9.77. The van der Waals surface area contributed by atoms with Crippen LogP contribution in [0.25, 0.3) is 0 Å². The minimum absolute atomic E-state index is 0.0244. The smallest absolute Gasteiger partial charge is 0.124 e. The fourth-order valence-electron chi connectivity index (χ4n) is 2.88. The Hall–Kier alpha value is -1.10. The SMILES string of the molecule is CCOC1CC(CC(N)c2ccccc2OCCOC)C1. The van der Waals surface area contributed by atoms with Crippen molar-refractivity contribution < 1.29 is 14.2 Å². The maximum atomic E-state index is 6.38. The van der Waals surface area contributed by atoms with Crippen LogP contribution in [-0.2, 0) is 9.47 Å². The van der Waals surface area contributed by atoms with Gasteiger partial charge in [0.15, 0.2) is 0 Å². The third-order valence-electron chi connectivity index (χ3n) is 4.05. The normalized spacial score (nSPS) is 22.6. The van der Waals surface area contributed by atoms with Gasteiger partial charge in [-0.05, 0) is 38.2 Å². The van der Waals surface area contributed by atoms with Crippen LogP contribution in [0.3, 0.4) is 0 Å². The zero-order chi connectivity index (χ0) is 15.1. The zero-order valence-corrected chi connectivity index (χ0v) is 13.1. The molecule has 1 saturated carbocycles. The third-order valence-corrected chi connectivity index (χ3v) is 4.05. The summed E-state index contributed by atoms with van der Waals surface area (Å²) in [6.07, 6.45) is 3.71. The summed E-state index contributed by atoms with van der Waals surface area (Å²) in [5, 5.41) is 0. The van der Waals surface area contributed by atoms with Crippen LogP contribution in [-0.4, -0.2) is 33.0 Å². The van der Waals surface area contributed by atoms with Crippen molar-refractivity contribution in [2.24, 2.45) is 11.7 Å². The Bertz CT molecular complexity index is 418. The highest BCUT2D eigenvalue weighted by atomic mass is 16.5. The number of rotatable bonds is 9. The van der Waals surface area contributed by atoms with Crippen molar-refractivity contribution in [1.29, 1.82) is 0 Å². The van der Waals surface area contributed by atoms with Gasteiger partial charge < -0.3 is 19.9 Å². The van der Waals surface area contributed by atoms with Crippen LogP contribution in [0.4, 0.5) is 0 Å². The van der Waals surface area contributed by atoms with Crippen molar-refractivity contribution in [1.82, 2.24) is 0 Å². The van der Waals surface area contributed by atoms with E-state index in [0.29, 0.717) is 25.2 Å². The molecule has 1 aliphatic carbocycles. The molecule has 0 aromatic heterocycles. The molecule has 0 aliphatic heterocycles. The maximum Gasteiger partial charge on any atom is 0.124 e. The standard InChI is InChI=1S/C17H27NO3/c1-3-20-14-10-13(11-14)12-16(18)15-6-4-5-7-17(15)21-9-8-19-2/h4-7,13-14,16H,3,8-12,18H2,1-2H3. The number of methoxy groups -OCH3 is 1. The number of nitrogens with two attached hydrogens (primary N) is 1. The minimum atomic E-state index is 0.0244. The molecular weight excluding hydrogens is 266 g/mol. The molecule has 0 radical (unpaired) electrons. The highest BCUT2D eigenvalue weighted by Gasteiger charge is 2.31. The monoisotopic (exact) mass is 293 g/mol. The summed E-state index contributed by atoms with van der Waals surface area (Å²) in [6.45, 7) is 3.99. The molecule has 0 bridgehead atoms. The molecule has 0 amide bonds. The average Bonchev–Trinajstić information content (AvgIpc) is 2.46. The van der Waals surface area contributed by atoms with Gasteiger partial charge in [-0.3, -0.25) is 0 Å². The number of benzene rings is 1. The van der Waals surface area contributed by atoms with E-state index < -0.39 is 0 Å². The summed E-state index contributed by atoms with van der Waals surface area (Å²) < 4.78 is 16.4. The van der Waals surface area contributed by atoms with Gasteiger partial charge in [0.05, 0.1) is 12.7 Å². The summed E-state index contributed by atoms with van der Waals surface area (Å²) >= 11 is 0. The van der Waals surface area contributed by atoms with Crippen molar-refractivity contribution in [2.45, 2.75) is 38.3 Å². The van der Waals surface area contributed by atoms with Gasteiger partial charge in [-0.2, -0.15) is 0 Å². The van der Waals surface area contributed by atoms with Crippen molar-refractivity contribution in [3.05, 3.63) is 29.8 Å². The van der Waals surface area contributed by atoms with Crippen molar-refractivity contribution >= 4 is 0 Å². The molecule has 0 spiro atoms. The van der Waals surface area contributed by atoms with Crippen LogP contribution < -0.4 is 10.5 Å². The fourth-order valence-corrected chi connectivity index (χ4v) is 2.88. The highest BCUT2D eigenvalue weighted by Crippen LogP contribution is 2.37. The molecule has 2 N–H and O–H groups in total. The first kappa shape index (κ1) is 16.3. The van der Waals surface area contributed by atoms with E-state index in [9.17, 15) is 0 Å². The first-order valence-corrected chi connectivity index (χ1v) is 7.82. The quantitative estimate of drug-likeness (QED) is 0.711. The molecule has 1 fully saturated rings. The maximum absolute atomic E-state index is 6.38. The molecule has 0 heterocycles.